The first-order chi connectivity index (χ1) is 12.2. The van der Waals surface area contributed by atoms with E-state index >= 15 is 0 Å². The third kappa shape index (κ3) is 3.45. The van der Waals surface area contributed by atoms with Gasteiger partial charge in [-0.1, -0.05) is 28.9 Å². The van der Waals surface area contributed by atoms with Gasteiger partial charge in [0.05, 0.1) is 12.1 Å². The highest BCUT2D eigenvalue weighted by Gasteiger charge is 2.35. The molecule has 1 saturated heterocycles. The first-order valence-corrected chi connectivity index (χ1v) is 8.41. The maximum Gasteiger partial charge on any atom is 0.244 e. The maximum atomic E-state index is 10.1. The molecular weight excluding hydrogens is 316 g/mol. The molecule has 3 aromatic rings. The summed E-state index contributed by atoms with van der Waals surface area (Å²) in [5.74, 6) is 1.14. The molecule has 2 aromatic heterocycles. The van der Waals surface area contributed by atoms with Gasteiger partial charge in [0, 0.05) is 31.0 Å². The Labute approximate surface area is 146 Å². The summed E-state index contributed by atoms with van der Waals surface area (Å²) in [5.41, 5.74) is 3.24. The molecule has 1 aliphatic heterocycles. The fourth-order valence-corrected chi connectivity index (χ4v) is 3.31. The van der Waals surface area contributed by atoms with E-state index in [0.717, 1.165) is 16.7 Å². The molecule has 1 aliphatic rings. The Morgan fingerprint density at radius 1 is 1.24 bits per heavy atom. The summed E-state index contributed by atoms with van der Waals surface area (Å²) >= 11 is 0. The van der Waals surface area contributed by atoms with Gasteiger partial charge in [-0.05, 0) is 37.1 Å². The Morgan fingerprint density at radius 3 is 2.88 bits per heavy atom. The SMILES string of the molecule is Cc1cccc(-c2noc(C3CC(O)CN3Cc3ccncc3)n2)c1. The Kier molecular flexibility index (Phi) is 4.29. The number of aliphatic hydroxyl groups is 1. The average molecular weight is 336 g/mol. The van der Waals surface area contributed by atoms with Crippen molar-refractivity contribution in [1.82, 2.24) is 20.0 Å². The minimum absolute atomic E-state index is 0.0748. The highest BCUT2D eigenvalue weighted by molar-refractivity contribution is 5.55. The molecule has 2 atom stereocenters. The fourth-order valence-electron chi connectivity index (χ4n) is 3.31. The average Bonchev–Trinajstić information content (AvgIpc) is 3.22. The third-order valence-corrected chi connectivity index (χ3v) is 4.52. The molecule has 0 saturated carbocycles. The zero-order valence-electron chi connectivity index (χ0n) is 14.0. The zero-order valence-corrected chi connectivity index (χ0v) is 14.0. The zero-order chi connectivity index (χ0) is 17.2. The molecule has 1 fully saturated rings. The number of aryl methyl sites for hydroxylation is 1. The Hall–Kier alpha value is -2.57. The van der Waals surface area contributed by atoms with Gasteiger partial charge in [0.1, 0.15) is 0 Å². The Bertz CT molecular complexity index is 849. The van der Waals surface area contributed by atoms with Crippen molar-refractivity contribution in [2.24, 2.45) is 0 Å². The number of likely N-dealkylation sites (tertiary alicyclic amines) is 1. The van der Waals surface area contributed by atoms with E-state index in [9.17, 15) is 5.11 Å². The molecule has 0 spiro atoms. The molecule has 4 rings (SSSR count). The predicted octanol–water partition coefficient (Wildman–Crippen LogP) is 2.75. The molecule has 25 heavy (non-hydrogen) atoms. The number of pyridine rings is 1. The van der Waals surface area contributed by atoms with Crippen LogP contribution in [0.2, 0.25) is 0 Å². The summed E-state index contributed by atoms with van der Waals surface area (Å²) in [6.45, 7) is 3.34. The lowest BCUT2D eigenvalue weighted by Crippen LogP contribution is -2.24. The van der Waals surface area contributed by atoms with Gasteiger partial charge in [0.15, 0.2) is 0 Å². The quantitative estimate of drug-likeness (QED) is 0.789. The lowest BCUT2D eigenvalue weighted by Gasteiger charge is -2.20. The van der Waals surface area contributed by atoms with Gasteiger partial charge in [-0.25, -0.2) is 0 Å². The molecule has 3 heterocycles. The van der Waals surface area contributed by atoms with Crippen LogP contribution in [0.3, 0.4) is 0 Å². The topological polar surface area (TPSA) is 75.3 Å². The van der Waals surface area contributed by atoms with Gasteiger partial charge in [0.25, 0.3) is 0 Å². The smallest absolute Gasteiger partial charge is 0.244 e. The van der Waals surface area contributed by atoms with Gasteiger partial charge in [-0.3, -0.25) is 9.88 Å². The van der Waals surface area contributed by atoms with Crippen LogP contribution >= 0.6 is 0 Å². The lowest BCUT2D eigenvalue weighted by atomic mass is 10.1. The normalized spacial score (nSPS) is 20.9. The minimum Gasteiger partial charge on any atom is -0.392 e. The Balaban J connectivity index is 1.57. The van der Waals surface area contributed by atoms with E-state index in [0.29, 0.717) is 31.2 Å². The van der Waals surface area contributed by atoms with Crippen molar-refractivity contribution in [3.63, 3.8) is 0 Å². The number of nitrogens with zero attached hydrogens (tertiary/aromatic N) is 4. The molecule has 128 valence electrons. The van der Waals surface area contributed by atoms with Crippen LogP contribution in [0.5, 0.6) is 0 Å². The van der Waals surface area contributed by atoms with Gasteiger partial charge in [0.2, 0.25) is 11.7 Å². The van der Waals surface area contributed by atoms with Crippen LogP contribution < -0.4 is 0 Å². The van der Waals surface area contributed by atoms with Crippen LogP contribution in [-0.4, -0.2) is 37.8 Å². The van der Waals surface area contributed by atoms with Crippen molar-refractivity contribution in [2.45, 2.75) is 32.0 Å². The first-order valence-electron chi connectivity index (χ1n) is 8.41. The molecule has 1 N–H and O–H groups in total. The van der Waals surface area contributed by atoms with E-state index in [1.807, 2.05) is 43.3 Å². The molecule has 0 amide bonds. The number of hydrogen-bond donors (Lipinski definition) is 1. The van der Waals surface area contributed by atoms with Gasteiger partial charge in [-0.15, -0.1) is 0 Å². The fraction of sp³-hybridized carbons (Fsp3) is 0.316. The first kappa shape index (κ1) is 15.9. The van der Waals surface area contributed by atoms with Crippen LogP contribution in [0.15, 0.2) is 53.3 Å². The molecule has 6 heteroatoms. The number of benzene rings is 1. The van der Waals surface area contributed by atoms with Gasteiger partial charge < -0.3 is 9.63 Å². The van der Waals surface area contributed by atoms with Crippen molar-refractivity contribution in [3.05, 3.63) is 65.8 Å². The summed E-state index contributed by atoms with van der Waals surface area (Å²) < 4.78 is 5.53. The number of aromatic nitrogens is 3. The van der Waals surface area contributed by atoms with Crippen LogP contribution in [0.1, 0.15) is 29.5 Å². The van der Waals surface area contributed by atoms with E-state index in [4.69, 9.17) is 4.52 Å². The molecule has 2 unspecified atom stereocenters. The highest BCUT2D eigenvalue weighted by atomic mass is 16.5. The molecule has 0 radical (unpaired) electrons. The van der Waals surface area contributed by atoms with Crippen molar-refractivity contribution in [1.29, 1.82) is 0 Å². The minimum atomic E-state index is -0.388. The van der Waals surface area contributed by atoms with E-state index < -0.39 is 0 Å². The van der Waals surface area contributed by atoms with Gasteiger partial charge >= 0.3 is 0 Å². The second-order valence-electron chi connectivity index (χ2n) is 6.52. The number of hydrogen-bond acceptors (Lipinski definition) is 6. The van der Waals surface area contributed by atoms with E-state index in [-0.39, 0.29) is 12.1 Å². The molecule has 1 aromatic carbocycles. The van der Waals surface area contributed by atoms with Crippen LogP contribution in [-0.2, 0) is 6.54 Å². The van der Waals surface area contributed by atoms with E-state index in [1.165, 1.54) is 0 Å². The summed E-state index contributed by atoms with van der Waals surface area (Å²) in [6, 6.07) is 11.9. The standard InChI is InChI=1S/C19H20N4O2/c1-13-3-2-4-15(9-13)18-21-19(25-22-18)17-10-16(24)12-23(17)11-14-5-7-20-8-6-14/h2-9,16-17,24H,10-12H2,1H3. The van der Waals surface area contributed by atoms with Crippen molar-refractivity contribution < 1.29 is 9.63 Å². The summed E-state index contributed by atoms with van der Waals surface area (Å²) in [4.78, 5) is 10.8. The largest absolute Gasteiger partial charge is 0.392 e. The molecule has 0 aliphatic carbocycles. The predicted molar refractivity (Wildman–Crippen MR) is 92.5 cm³/mol. The van der Waals surface area contributed by atoms with Crippen molar-refractivity contribution in [2.75, 3.05) is 6.54 Å². The van der Waals surface area contributed by atoms with Gasteiger partial charge in [-0.2, -0.15) is 4.98 Å². The third-order valence-electron chi connectivity index (χ3n) is 4.52. The maximum absolute atomic E-state index is 10.1. The molecular formula is C19H20N4O2. The highest BCUT2D eigenvalue weighted by Crippen LogP contribution is 2.33. The van der Waals surface area contributed by atoms with Crippen LogP contribution in [0.25, 0.3) is 11.4 Å². The second-order valence-corrected chi connectivity index (χ2v) is 6.52. The summed E-state index contributed by atoms with van der Waals surface area (Å²) in [6.07, 6.45) is 3.76. The number of rotatable bonds is 4. The lowest BCUT2D eigenvalue weighted by molar-refractivity contribution is 0.169. The number of β-amino-alcohol motifs (C(OH)–C–C–N with tert-alkyl or cyclic N) is 1. The molecule has 6 nitrogen and oxygen atoms in total. The Morgan fingerprint density at radius 2 is 2.08 bits per heavy atom. The molecule has 0 bridgehead atoms. The summed E-state index contributed by atoms with van der Waals surface area (Å²) in [7, 11) is 0. The van der Waals surface area contributed by atoms with Crippen molar-refractivity contribution >= 4 is 0 Å². The van der Waals surface area contributed by atoms with Crippen molar-refractivity contribution in [3.8, 4) is 11.4 Å². The second kappa shape index (κ2) is 6.74. The van der Waals surface area contributed by atoms with Crippen LogP contribution in [0, 0.1) is 6.92 Å². The van der Waals surface area contributed by atoms with Crippen LogP contribution in [0.4, 0.5) is 0 Å². The summed E-state index contributed by atoms with van der Waals surface area (Å²) in [5, 5.41) is 14.3. The van der Waals surface area contributed by atoms with E-state index in [1.54, 1.807) is 12.4 Å². The van der Waals surface area contributed by atoms with E-state index in [2.05, 4.69) is 20.0 Å². The monoisotopic (exact) mass is 336 g/mol. The number of aliphatic hydroxyl groups excluding tert-OH is 1.